The van der Waals surface area contributed by atoms with E-state index in [0.717, 1.165) is 26.1 Å². The molecule has 1 aromatic rings. The van der Waals surface area contributed by atoms with Crippen molar-refractivity contribution >= 4 is 0 Å². The van der Waals surface area contributed by atoms with Gasteiger partial charge in [0.2, 0.25) is 0 Å². The van der Waals surface area contributed by atoms with E-state index in [-0.39, 0.29) is 0 Å². The first-order valence-corrected chi connectivity index (χ1v) is 5.16. The predicted molar refractivity (Wildman–Crippen MR) is 57.2 cm³/mol. The van der Waals surface area contributed by atoms with Crippen LogP contribution in [0.3, 0.4) is 0 Å². The van der Waals surface area contributed by atoms with Crippen molar-refractivity contribution in [3.8, 4) is 0 Å². The molecule has 1 N–H and O–H groups in total. The maximum atomic E-state index is 4.03. The van der Waals surface area contributed by atoms with Crippen molar-refractivity contribution in [3.63, 3.8) is 0 Å². The Hall–Kier alpha value is -0.930. The topological polar surface area (TPSA) is 28.2 Å². The molecule has 0 aliphatic carbocycles. The average molecular weight is 191 g/mol. The van der Waals surface area contributed by atoms with E-state index in [1.54, 1.807) is 0 Å². The summed E-state index contributed by atoms with van der Waals surface area (Å²) in [7, 11) is 2.20. The van der Waals surface area contributed by atoms with Crippen LogP contribution in [0.15, 0.2) is 24.5 Å². The maximum Gasteiger partial charge on any atom is 0.0270 e. The number of hydrogen-bond donors (Lipinski definition) is 1. The van der Waals surface area contributed by atoms with E-state index >= 15 is 0 Å². The normalized spacial score (nSPS) is 23.6. The first kappa shape index (κ1) is 9.62. The van der Waals surface area contributed by atoms with Crippen LogP contribution in [-0.2, 0) is 6.42 Å². The molecule has 1 aliphatic heterocycles. The highest BCUT2D eigenvalue weighted by Crippen LogP contribution is 2.08. The van der Waals surface area contributed by atoms with Crippen LogP contribution < -0.4 is 5.32 Å². The number of rotatable bonds is 2. The van der Waals surface area contributed by atoms with Crippen LogP contribution in [0.5, 0.6) is 0 Å². The van der Waals surface area contributed by atoms with Gasteiger partial charge in [0.05, 0.1) is 0 Å². The molecule has 3 heteroatoms. The second kappa shape index (κ2) is 4.53. The standard InChI is InChI=1S/C11H17N3/c1-14-7-6-13-9-11(14)8-10-2-4-12-5-3-10/h2-5,11,13H,6-9H2,1H3. The van der Waals surface area contributed by atoms with E-state index in [2.05, 4.69) is 34.4 Å². The van der Waals surface area contributed by atoms with Gasteiger partial charge in [-0.3, -0.25) is 4.98 Å². The summed E-state index contributed by atoms with van der Waals surface area (Å²) in [6, 6.07) is 4.83. The van der Waals surface area contributed by atoms with Crippen LogP contribution >= 0.6 is 0 Å². The van der Waals surface area contributed by atoms with Crippen molar-refractivity contribution in [2.75, 3.05) is 26.7 Å². The zero-order valence-electron chi connectivity index (χ0n) is 8.61. The molecule has 0 spiro atoms. The number of nitrogens with zero attached hydrogens (tertiary/aromatic N) is 2. The third-order valence-corrected chi connectivity index (χ3v) is 2.87. The minimum Gasteiger partial charge on any atom is -0.314 e. The Kier molecular flexibility index (Phi) is 3.11. The van der Waals surface area contributed by atoms with E-state index < -0.39 is 0 Å². The molecule has 0 bridgehead atoms. The molecule has 1 saturated heterocycles. The summed E-state index contributed by atoms with van der Waals surface area (Å²) in [5.74, 6) is 0. The average Bonchev–Trinajstić information content (AvgIpc) is 2.23. The van der Waals surface area contributed by atoms with Crippen LogP contribution in [-0.4, -0.2) is 42.6 Å². The number of aromatic nitrogens is 1. The fraction of sp³-hybridized carbons (Fsp3) is 0.545. The van der Waals surface area contributed by atoms with Crippen molar-refractivity contribution in [2.24, 2.45) is 0 Å². The molecular weight excluding hydrogens is 174 g/mol. The van der Waals surface area contributed by atoms with Gasteiger partial charge in [-0.1, -0.05) is 0 Å². The van der Waals surface area contributed by atoms with E-state index in [4.69, 9.17) is 0 Å². The third kappa shape index (κ3) is 2.30. The smallest absolute Gasteiger partial charge is 0.0270 e. The first-order chi connectivity index (χ1) is 6.86. The number of nitrogens with one attached hydrogen (secondary N) is 1. The van der Waals surface area contributed by atoms with Crippen molar-refractivity contribution in [3.05, 3.63) is 30.1 Å². The molecule has 1 atom stereocenters. The zero-order chi connectivity index (χ0) is 9.80. The van der Waals surface area contributed by atoms with Gasteiger partial charge >= 0.3 is 0 Å². The first-order valence-electron chi connectivity index (χ1n) is 5.16. The summed E-state index contributed by atoms with van der Waals surface area (Å²) in [6.07, 6.45) is 4.85. The Labute approximate surface area is 85.1 Å². The predicted octanol–water partition coefficient (Wildman–Crippen LogP) is 0.528. The monoisotopic (exact) mass is 191 g/mol. The molecular formula is C11H17N3. The van der Waals surface area contributed by atoms with Crippen LogP contribution in [0.1, 0.15) is 5.56 Å². The second-order valence-electron chi connectivity index (χ2n) is 3.90. The lowest BCUT2D eigenvalue weighted by Gasteiger charge is -2.33. The van der Waals surface area contributed by atoms with Crippen LogP contribution in [0.4, 0.5) is 0 Å². The van der Waals surface area contributed by atoms with Crippen LogP contribution in [0.25, 0.3) is 0 Å². The summed E-state index contributed by atoms with van der Waals surface area (Å²) in [5.41, 5.74) is 1.38. The molecule has 0 saturated carbocycles. The Bertz CT molecular complexity index is 273. The van der Waals surface area contributed by atoms with Gasteiger partial charge in [-0.15, -0.1) is 0 Å². The molecule has 2 rings (SSSR count). The number of likely N-dealkylation sites (N-methyl/N-ethyl adjacent to an activating group) is 1. The van der Waals surface area contributed by atoms with Gasteiger partial charge in [0.1, 0.15) is 0 Å². The summed E-state index contributed by atoms with van der Waals surface area (Å²) >= 11 is 0. The van der Waals surface area contributed by atoms with Crippen molar-refractivity contribution in [1.29, 1.82) is 0 Å². The highest BCUT2D eigenvalue weighted by molar-refractivity contribution is 5.11. The molecule has 76 valence electrons. The van der Waals surface area contributed by atoms with E-state index in [0.29, 0.717) is 6.04 Å². The van der Waals surface area contributed by atoms with E-state index in [9.17, 15) is 0 Å². The van der Waals surface area contributed by atoms with Gasteiger partial charge in [-0.25, -0.2) is 0 Å². The quantitative estimate of drug-likeness (QED) is 0.739. The summed E-state index contributed by atoms with van der Waals surface area (Å²) in [4.78, 5) is 6.46. The zero-order valence-corrected chi connectivity index (χ0v) is 8.61. The minimum absolute atomic E-state index is 0.631. The Morgan fingerprint density at radius 2 is 2.29 bits per heavy atom. The molecule has 1 unspecified atom stereocenters. The number of pyridine rings is 1. The number of piperazine rings is 1. The molecule has 3 nitrogen and oxygen atoms in total. The Morgan fingerprint density at radius 1 is 1.50 bits per heavy atom. The maximum absolute atomic E-state index is 4.03. The fourth-order valence-electron chi connectivity index (χ4n) is 1.88. The molecule has 1 fully saturated rings. The van der Waals surface area contributed by atoms with Gasteiger partial charge in [0.15, 0.2) is 0 Å². The number of hydrogen-bond acceptors (Lipinski definition) is 3. The van der Waals surface area contributed by atoms with Gasteiger partial charge in [-0.05, 0) is 31.2 Å². The third-order valence-electron chi connectivity index (χ3n) is 2.87. The molecule has 2 heterocycles. The lowest BCUT2D eigenvalue weighted by Crippen LogP contribution is -2.50. The van der Waals surface area contributed by atoms with Crippen molar-refractivity contribution in [2.45, 2.75) is 12.5 Å². The highest BCUT2D eigenvalue weighted by Gasteiger charge is 2.18. The van der Waals surface area contributed by atoms with Crippen LogP contribution in [0, 0.1) is 0 Å². The largest absolute Gasteiger partial charge is 0.314 e. The minimum atomic E-state index is 0.631. The fourth-order valence-corrected chi connectivity index (χ4v) is 1.88. The molecule has 0 amide bonds. The van der Waals surface area contributed by atoms with Gasteiger partial charge < -0.3 is 10.2 Å². The van der Waals surface area contributed by atoms with Crippen molar-refractivity contribution < 1.29 is 0 Å². The second-order valence-corrected chi connectivity index (χ2v) is 3.90. The van der Waals surface area contributed by atoms with Gasteiger partial charge in [-0.2, -0.15) is 0 Å². The SMILES string of the molecule is CN1CCNCC1Cc1ccncc1. The highest BCUT2D eigenvalue weighted by atomic mass is 15.2. The van der Waals surface area contributed by atoms with E-state index in [1.807, 2.05) is 12.4 Å². The Morgan fingerprint density at radius 3 is 3.00 bits per heavy atom. The molecule has 0 radical (unpaired) electrons. The Balaban J connectivity index is 1.96. The summed E-state index contributed by atoms with van der Waals surface area (Å²) in [5, 5.41) is 3.43. The summed E-state index contributed by atoms with van der Waals surface area (Å²) in [6.45, 7) is 3.36. The van der Waals surface area contributed by atoms with Gasteiger partial charge in [0, 0.05) is 38.1 Å². The molecule has 14 heavy (non-hydrogen) atoms. The molecule has 1 aliphatic rings. The summed E-state index contributed by atoms with van der Waals surface area (Å²) < 4.78 is 0. The lowest BCUT2D eigenvalue weighted by molar-refractivity contribution is 0.199. The van der Waals surface area contributed by atoms with E-state index in [1.165, 1.54) is 5.56 Å². The molecule has 1 aromatic heterocycles. The lowest BCUT2D eigenvalue weighted by atomic mass is 10.0. The molecule has 0 aromatic carbocycles. The van der Waals surface area contributed by atoms with Gasteiger partial charge in [0.25, 0.3) is 0 Å². The van der Waals surface area contributed by atoms with Crippen molar-refractivity contribution in [1.82, 2.24) is 15.2 Å². The van der Waals surface area contributed by atoms with Crippen LogP contribution in [0.2, 0.25) is 0 Å².